The first kappa shape index (κ1) is 11.0. The normalized spacial score (nSPS) is 10.6. The second-order valence-corrected chi connectivity index (χ2v) is 6.52. The molecule has 0 aromatic carbocycles. The van der Waals surface area contributed by atoms with E-state index in [4.69, 9.17) is 0 Å². The number of carbonyl (C=O) groups excluding carboxylic acids is 1. The molecule has 0 aliphatic rings. The van der Waals surface area contributed by atoms with Gasteiger partial charge in [0.25, 0.3) is 0 Å². The molecule has 0 saturated heterocycles. The van der Waals surface area contributed by atoms with Gasteiger partial charge in [-0.15, -0.1) is 22.7 Å². The third kappa shape index (κ3) is 2.22. The molecule has 0 bridgehead atoms. The van der Waals surface area contributed by atoms with Gasteiger partial charge < -0.3 is 0 Å². The van der Waals surface area contributed by atoms with Gasteiger partial charge in [0.2, 0.25) is 5.78 Å². The molecule has 0 aliphatic carbocycles. The van der Waals surface area contributed by atoms with Crippen molar-refractivity contribution in [3.63, 3.8) is 0 Å². The number of rotatable bonds is 2. The summed E-state index contributed by atoms with van der Waals surface area (Å²) in [6, 6.07) is 3.84. The topological polar surface area (TPSA) is 17.1 Å². The first-order chi connectivity index (χ1) is 7.08. The number of carbonyl (C=O) groups is 1. The predicted octanol–water partition coefficient (Wildman–Crippen LogP) is 4.42. The Morgan fingerprint density at radius 2 is 2.07 bits per heavy atom. The molecular formula is C11H9BrOS2. The van der Waals surface area contributed by atoms with Crippen LogP contribution in [0.1, 0.15) is 25.0 Å². The minimum absolute atomic E-state index is 0.123. The van der Waals surface area contributed by atoms with Crippen LogP contribution < -0.4 is 0 Å². The molecule has 0 unspecified atom stereocenters. The second kappa shape index (κ2) is 4.20. The van der Waals surface area contributed by atoms with Crippen molar-refractivity contribution in [1.29, 1.82) is 0 Å². The number of hydrogen-bond acceptors (Lipinski definition) is 3. The van der Waals surface area contributed by atoms with Crippen LogP contribution in [-0.2, 0) is 0 Å². The molecule has 0 atom stereocenters. The summed E-state index contributed by atoms with van der Waals surface area (Å²) in [6.45, 7) is 4.02. The SMILES string of the molecule is Cc1cc(C(=O)c2cc(Br)c(C)s2)cs1. The fourth-order valence-corrected chi connectivity index (χ4v) is 3.46. The van der Waals surface area contributed by atoms with E-state index in [0.717, 1.165) is 19.8 Å². The smallest absolute Gasteiger partial charge is 0.203 e. The molecule has 1 nitrogen and oxygen atoms in total. The Hall–Kier alpha value is -0.450. The van der Waals surface area contributed by atoms with Gasteiger partial charge >= 0.3 is 0 Å². The Labute approximate surface area is 105 Å². The summed E-state index contributed by atoms with van der Waals surface area (Å²) in [5.41, 5.74) is 0.797. The highest BCUT2D eigenvalue weighted by Crippen LogP contribution is 2.28. The van der Waals surface area contributed by atoms with Crippen molar-refractivity contribution in [3.05, 3.63) is 42.2 Å². The van der Waals surface area contributed by atoms with Gasteiger partial charge in [-0.1, -0.05) is 0 Å². The highest BCUT2D eigenvalue weighted by Gasteiger charge is 2.14. The number of halogens is 1. The van der Waals surface area contributed by atoms with Gasteiger partial charge in [-0.3, -0.25) is 4.79 Å². The van der Waals surface area contributed by atoms with Gasteiger partial charge in [0.1, 0.15) is 0 Å². The average Bonchev–Trinajstić information content (AvgIpc) is 2.74. The first-order valence-corrected chi connectivity index (χ1v) is 6.92. The molecule has 0 fully saturated rings. The van der Waals surface area contributed by atoms with E-state index in [9.17, 15) is 4.79 Å². The molecule has 78 valence electrons. The van der Waals surface area contributed by atoms with Crippen molar-refractivity contribution in [2.75, 3.05) is 0 Å². The molecule has 0 radical (unpaired) electrons. The molecule has 0 aliphatic heterocycles. The summed E-state index contributed by atoms with van der Waals surface area (Å²) >= 11 is 6.57. The summed E-state index contributed by atoms with van der Waals surface area (Å²) in [4.78, 5) is 15.1. The summed E-state index contributed by atoms with van der Waals surface area (Å²) < 4.78 is 1.02. The summed E-state index contributed by atoms with van der Waals surface area (Å²) in [6.07, 6.45) is 0. The zero-order valence-electron chi connectivity index (χ0n) is 8.33. The molecule has 0 amide bonds. The Kier molecular flexibility index (Phi) is 3.09. The van der Waals surface area contributed by atoms with Gasteiger partial charge in [0.15, 0.2) is 0 Å². The van der Waals surface area contributed by atoms with E-state index >= 15 is 0 Å². The highest BCUT2D eigenvalue weighted by atomic mass is 79.9. The van der Waals surface area contributed by atoms with Crippen LogP contribution in [0, 0.1) is 13.8 Å². The van der Waals surface area contributed by atoms with Crippen LogP contribution in [0.15, 0.2) is 22.0 Å². The minimum atomic E-state index is 0.123. The molecule has 2 aromatic heterocycles. The number of thiophene rings is 2. The van der Waals surface area contributed by atoms with E-state index in [-0.39, 0.29) is 5.78 Å². The minimum Gasteiger partial charge on any atom is -0.288 e. The maximum atomic E-state index is 12.0. The zero-order valence-corrected chi connectivity index (χ0v) is 11.6. The lowest BCUT2D eigenvalue weighted by Crippen LogP contribution is -1.95. The molecule has 2 heterocycles. The van der Waals surface area contributed by atoms with Crippen molar-refractivity contribution in [1.82, 2.24) is 0 Å². The van der Waals surface area contributed by atoms with Crippen molar-refractivity contribution >= 4 is 44.4 Å². The van der Waals surface area contributed by atoms with Gasteiger partial charge in [-0.05, 0) is 41.9 Å². The van der Waals surface area contributed by atoms with Crippen LogP contribution in [0.3, 0.4) is 0 Å². The Bertz CT molecular complexity index is 491. The van der Waals surface area contributed by atoms with Crippen molar-refractivity contribution in [2.45, 2.75) is 13.8 Å². The van der Waals surface area contributed by atoms with Crippen LogP contribution in [0.2, 0.25) is 0 Å². The quantitative estimate of drug-likeness (QED) is 0.750. The van der Waals surface area contributed by atoms with Crippen LogP contribution in [0.5, 0.6) is 0 Å². The largest absolute Gasteiger partial charge is 0.288 e. The van der Waals surface area contributed by atoms with Crippen LogP contribution >= 0.6 is 38.6 Å². The first-order valence-electron chi connectivity index (χ1n) is 4.43. The Balaban J connectivity index is 2.36. The monoisotopic (exact) mass is 300 g/mol. The summed E-state index contributed by atoms with van der Waals surface area (Å²) in [7, 11) is 0. The molecule has 0 spiro atoms. The van der Waals surface area contributed by atoms with Crippen LogP contribution in [0.4, 0.5) is 0 Å². The standard InChI is InChI=1S/C11H9BrOS2/c1-6-3-8(5-14-6)11(13)10-4-9(12)7(2)15-10/h3-5H,1-2H3. The number of aryl methyl sites for hydroxylation is 2. The summed E-state index contributed by atoms with van der Waals surface area (Å²) in [5, 5.41) is 1.92. The number of ketones is 1. The van der Waals surface area contributed by atoms with E-state index in [1.54, 1.807) is 11.3 Å². The van der Waals surface area contributed by atoms with Crippen molar-refractivity contribution < 1.29 is 4.79 Å². The number of hydrogen-bond donors (Lipinski definition) is 0. The third-order valence-electron chi connectivity index (χ3n) is 2.07. The fraction of sp³-hybridized carbons (Fsp3) is 0.182. The Morgan fingerprint density at radius 3 is 2.53 bits per heavy atom. The van der Waals surface area contributed by atoms with E-state index < -0.39 is 0 Å². The van der Waals surface area contributed by atoms with Crippen molar-refractivity contribution in [2.24, 2.45) is 0 Å². The predicted molar refractivity (Wildman–Crippen MR) is 69.2 cm³/mol. The van der Waals surface area contributed by atoms with E-state index in [1.165, 1.54) is 16.2 Å². The molecule has 0 saturated carbocycles. The highest BCUT2D eigenvalue weighted by molar-refractivity contribution is 9.10. The fourth-order valence-electron chi connectivity index (χ4n) is 1.28. The van der Waals surface area contributed by atoms with E-state index in [0.29, 0.717) is 0 Å². The maximum Gasteiger partial charge on any atom is 0.203 e. The molecule has 0 N–H and O–H groups in total. The summed E-state index contributed by atoms with van der Waals surface area (Å²) in [5.74, 6) is 0.123. The lowest BCUT2D eigenvalue weighted by molar-refractivity contribution is 0.104. The Morgan fingerprint density at radius 1 is 1.33 bits per heavy atom. The molecule has 15 heavy (non-hydrogen) atoms. The average molecular weight is 301 g/mol. The molecular weight excluding hydrogens is 292 g/mol. The van der Waals surface area contributed by atoms with E-state index in [1.807, 2.05) is 31.4 Å². The maximum absolute atomic E-state index is 12.0. The lowest BCUT2D eigenvalue weighted by atomic mass is 10.2. The van der Waals surface area contributed by atoms with Gasteiger partial charge in [0, 0.05) is 25.2 Å². The van der Waals surface area contributed by atoms with Gasteiger partial charge in [0.05, 0.1) is 4.88 Å². The van der Waals surface area contributed by atoms with Crippen molar-refractivity contribution in [3.8, 4) is 0 Å². The van der Waals surface area contributed by atoms with Crippen LogP contribution in [-0.4, -0.2) is 5.78 Å². The zero-order chi connectivity index (χ0) is 11.0. The molecule has 2 rings (SSSR count). The molecule has 4 heteroatoms. The van der Waals surface area contributed by atoms with E-state index in [2.05, 4.69) is 15.9 Å². The molecule has 2 aromatic rings. The van der Waals surface area contributed by atoms with Crippen LogP contribution in [0.25, 0.3) is 0 Å². The third-order valence-corrected chi connectivity index (χ3v) is 5.07. The lowest BCUT2D eigenvalue weighted by Gasteiger charge is -1.91. The van der Waals surface area contributed by atoms with Gasteiger partial charge in [-0.25, -0.2) is 0 Å². The second-order valence-electron chi connectivity index (χ2n) is 3.29. The van der Waals surface area contributed by atoms with Gasteiger partial charge in [-0.2, -0.15) is 0 Å².